The average Bonchev–Trinajstić information content (AvgIpc) is 2.36. The van der Waals surface area contributed by atoms with Crippen molar-refractivity contribution >= 4 is 5.97 Å². The molecule has 0 fully saturated rings. The molecule has 0 saturated carbocycles. The molecule has 0 aliphatic rings. The molecule has 1 rings (SSSR count). The Labute approximate surface area is 102 Å². The maximum atomic E-state index is 11.7. The van der Waals surface area contributed by atoms with Gasteiger partial charge in [0.05, 0.1) is 5.56 Å². The van der Waals surface area contributed by atoms with Gasteiger partial charge in [-0.3, -0.25) is 4.98 Å². The molecule has 1 aromatic rings. The van der Waals surface area contributed by atoms with E-state index in [0.29, 0.717) is 12.1 Å². The number of carbonyl (C=O) groups excluding carboxylic acids is 1. The zero-order valence-corrected chi connectivity index (χ0v) is 10.5. The number of nitrogens with zero attached hydrogens (tertiary/aromatic N) is 1. The van der Waals surface area contributed by atoms with E-state index in [9.17, 15) is 4.79 Å². The summed E-state index contributed by atoms with van der Waals surface area (Å²) in [6, 6.07) is 3.42. The molecule has 1 N–H and O–H groups in total. The number of carbonyl (C=O) groups is 1. The molecule has 0 aromatic carbocycles. The Kier molecular flexibility index (Phi) is 6.25. The lowest BCUT2D eigenvalue weighted by molar-refractivity contribution is 0.0342. The average molecular weight is 236 g/mol. The predicted octanol–water partition coefficient (Wildman–Crippen LogP) is 2.02. The molecule has 1 atom stereocenters. The highest BCUT2D eigenvalue weighted by molar-refractivity contribution is 5.89. The number of pyridine rings is 1. The van der Waals surface area contributed by atoms with Gasteiger partial charge in [-0.2, -0.15) is 0 Å². The molecule has 1 aromatic heterocycles. The van der Waals surface area contributed by atoms with Crippen LogP contribution in [-0.2, 0) is 4.74 Å². The third kappa shape index (κ3) is 5.45. The van der Waals surface area contributed by atoms with Gasteiger partial charge in [-0.15, -0.1) is 0 Å². The van der Waals surface area contributed by atoms with Crippen LogP contribution in [0.4, 0.5) is 0 Å². The second-order valence-corrected chi connectivity index (χ2v) is 4.02. The second kappa shape index (κ2) is 7.79. The van der Waals surface area contributed by atoms with Crippen molar-refractivity contribution in [3.8, 4) is 0 Å². The summed E-state index contributed by atoms with van der Waals surface area (Å²) in [5.41, 5.74) is 0.493. The van der Waals surface area contributed by atoms with Gasteiger partial charge >= 0.3 is 5.97 Å². The first kappa shape index (κ1) is 13.6. The van der Waals surface area contributed by atoms with Crippen molar-refractivity contribution in [2.75, 3.05) is 13.1 Å². The highest BCUT2D eigenvalue weighted by atomic mass is 16.5. The van der Waals surface area contributed by atoms with Crippen LogP contribution in [0.15, 0.2) is 24.5 Å². The fourth-order valence-electron chi connectivity index (χ4n) is 1.38. The van der Waals surface area contributed by atoms with Gasteiger partial charge in [-0.05, 0) is 32.0 Å². The maximum Gasteiger partial charge on any atom is 0.340 e. The van der Waals surface area contributed by atoms with Gasteiger partial charge in [0, 0.05) is 18.9 Å². The summed E-state index contributed by atoms with van der Waals surface area (Å²) in [7, 11) is 0. The molecular formula is C13H20N2O2. The standard InChI is InChI=1S/C13H20N2O2/c1-3-4-7-14-9-11(2)17-13(16)12-6-5-8-15-10-12/h5-6,8,10-11,14H,3-4,7,9H2,1-2H3. The SMILES string of the molecule is CCCCNCC(C)OC(=O)c1cccnc1. The zero-order chi connectivity index (χ0) is 12.5. The first-order valence-electron chi connectivity index (χ1n) is 6.05. The summed E-state index contributed by atoms with van der Waals surface area (Å²) in [4.78, 5) is 15.5. The van der Waals surface area contributed by atoms with Crippen LogP contribution < -0.4 is 5.32 Å². The van der Waals surface area contributed by atoms with Gasteiger partial charge in [0.1, 0.15) is 6.10 Å². The van der Waals surface area contributed by atoms with E-state index in [4.69, 9.17) is 4.74 Å². The van der Waals surface area contributed by atoms with Crippen molar-refractivity contribution in [3.63, 3.8) is 0 Å². The summed E-state index contributed by atoms with van der Waals surface area (Å²) < 4.78 is 5.28. The Hall–Kier alpha value is -1.42. The maximum absolute atomic E-state index is 11.7. The minimum absolute atomic E-state index is 0.125. The third-order valence-corrected chi connectivity index (χ3v) is 2.34. The van der Waals surface area contributed by atoms with E-state index in [1.165, 1.54) is 6.20 Å². The highest BCUT2D eigenvalue weighted by Gasteiger charge is 2.11. The van der Waals surface area contributed by atoms with Crippen LogP contribution in [0.25, 0.3) is 0 Å². The van der Waals surface area contributed by atoms with Crippen LogP contribution in [-0.4, -0.2) is 30.1 Å². The van der Waals surface area contributed by atoms with Gasteiger partial charge in [-0.25, -0.2) is 4.79 Å². The Morgan fingerprint density at radius 2 is 2.41 bits per heavy atom. The van der Waals surface area contributed by atoms with E-state index in [1.54, 1.807) is 18.3 Å². The molecule has 0 spiro atoms. The van der Waals surface area contributed by atoms with E-state index in [-0.39, 0.29) is 12.1 Å². The minimum Gasteiger partial charge on any atom is -0.458 e. The number of unbranched alkanes of at least 4 members (excludes halogenated alkanes) is 1. The highest BCUT2D eigenvalue weighted by Crippen LogP contribution is 2.01. The van der Waals surface area contributed by atoms with E-state index in [1.807, 2.05) is 6.92 Å². The largest absolute Gasteiger partial charge is 0.458 e. The normalized spacial score (nSPS) is 12.1. The number of rotatable bonds is 7. The molecule has 0 aliphatic heterocycles. The lowest BCUT2D eigenvalue weighted by atomic mass is 10.3. The van der Waals surface area contributed by atoms with Crippen LogP contribution in [0.2, 0.25) is 0 Å². The first-order chi connectivity index (χ1) is 8.24. The summed E-state index contributed by atoms with van der Waals surface area (Å²) in [6.45, 7) is 5.68. The van der Waals surface area contributed by atoms with E-state index >= 15 is 0 Å². The summed E-state index contributed by atoms with van der Waals surface area (Å²) in [5.74, 6) is -0.317. The fraction of sp³-hybridized carbons (Fsp3) is 0.538. The number of nitrogens with one attached hydrogen (secondary N) is 1. The molecular weight excluding hydrogens is 216 g/mol. The second-order valence-electron chi connectivity index (χ2n) is 4.02. The Balaban J connectivity index is 2.26. The van der Waals surface area contributed by atoms with Crippen molar-refractivity contribution < 1.29 is 9.53 Å². The van der Waals surface area contributed by atoms with Crippen molar-refractivity contribution in [3.05, 3.63) is 30.1 Å². The molecule has 0 radical (unpaired) electrons. The molecule has 0 saturated heterocycles. The molecule has 0 bridgehead atoms. The van der Waals surface area contributed by atoms with Crippen LogP contribution in [0.3, 0.4) is 0 Å². The number of esters is 1. The molecule has 1 heterocycles. The Morgan fingerprint density at radius 1 is 1.59 bits per heavy atom. The molecule has 1 unspecified atom stereocenters. The molecule has 0 amide bonds. The van der Waals surface area contributed by atoms with E-state index in [0.717, 1.165) is 19.4 Å². The van der Waals surface area contributed by atoms with Crippen LogP contribution in [0, 0.1) is 0 Å². The first-order valence-corrected chi connectivity index (χ1v) is 6.05. The number of hydrogen-bond donors (Lipinski definition) is 1. The fourth-order valence-corrected chi connectivity index (χ4v) is 1.38. The monoisotopic (exact) mass is 236 g/mol. The number of aromatic nitrogens is 1. The lowest BCUT2D eigenvalue weighted by Gasteiger charge is -2.13. The molecule has 4 heteroatoms. The van der Waals surface area contributed by atoms with Crippen LogP contribution in [0.1, 0.15) is 37.0 Å². The van der Waals surface area contributed by atoms with Gasteiger partial charge in [0.15, 0.2) is 0 Å². The van der Waals surface area contributed by atoms with E-state index < -0.39 is 0 Å². The zero-order valence-electron chi connectivity index (χ0n) is 10.5. The smallest absolute Gasteiger partial charge is 0.340 e. The predicted molar refractivity (Wildman–Crippen MR) is 66.9 cm³/mol. The van der Waals surface area contributed by atoms with Crippen LogP contribution in [0.5, 0.6) is 0 Å². The Morgan fingerprint density at radius 3 is 3.06 bits per heavy atom. The van der Waals surface area contributed by atoms with E-state index in [2.05, 4.69) is 17.2 Å². The van der Waals surface area contributed by atoms with Gasteiger partial charge in [0.25, 0.3) is 0 Å². The molecule has 94 valence electrons. The topological polar surface area (TPSA) is 51.2 Å². The molecule has 4 nitrogen and oxygen atoms in total. The quantitative estimate of drug-likeness (QED) is 0.581. The van der Waals surface area contributed by atoms with Gasteiger partial charge < -0.3 is 10.1 Å². The summed E-state index contributed by atoms with van der Waals surface area (Å²) in [5, 5.41) is 3.25. The van der Waals surface area contributed by atoms with Crippen molar-refractivity contribution in [2.45, 2.75) is 32.8 Å². The van der Waals surface area contributed by atoms with Gasteiger partial charge in [0.2, 0.25) is 0 Å². The molecule has 0 aliphatic carbocycles. The van der Waals surface area contributed by atoms with Crippen LogP contribution >= 0.6 is 0 Å². The molecule has 17 heavy (non-hydrogen) atoms. The third-order valence-electron chi connectivity index (χ3n) is 2.34. The minimum atomic E-state index is -0.317. The summed E-state index contributed by atoms with van der Waals surface area (Å²) in [6.07, 6.45) is 5.33. The van der Waals surface area contributed by atoms with Crippen molar-refractivity contribution in [2.24, 2.45) is 0 Å². The summed E-state index contributed by atoms with van der Waals surface area (Å²) >= 11 is 0. The Bertz CT molecular complexity index is 327. The van der Waals surface area contributed by atoms with Crippen molar-refractivity contribution in [1.82, 2.24) is 10.3 Å². The number of ether oxygens (including phenoxy) is 1. The number of hydrogen-bond acceptors (Lipinski definition) is 4. The van der Waals surface area contributed by atoms with Crippen molar-refractivity contribution in [1.29, 1.82) is 0 Å². The van der Waals surface area contributed by atoms with Gasteiger partial charge in [-0.1, -0.05) is 13.3 Å². The lowest BCUT2D eigenvalue weighted by Crippen LogP contribution is -2.29.